The maximum Gasteiger partial charge on any atom is 0.410 e. The summed E-state index contributed by atoms with van der Waals surface area (Å²) in [6.45, 7) is 10.2. The van der Waals surface area contributed by atoms with Gasteiger partial charge in [0.2, 0.25) is 5.91 Å². The molecule has 138 valence electrons. The van der Waals surface area contributed by atoms with Crippen LogP contribution in [0.1, 0.15) is 59.8 Å². The van der Waals surface area contributed by atoms with Crippen molar-refractivity contribution in [3.63, 3.8) is 0 Å². The monoisotopic (exact) mass is 339 g/mol. The normalized spacial score (nSPS) is 26.8. The third-order valence-electron chi connectivity index (χ3n) is 5.10. The highest BCUT2D eigenvalue weighted by Gasteiger charge is 2.50. The Morgan fingerprint density at radius 3 is 2.67 bits per heavy atom. The standard InChI is InChI=1S/C18H33N3O3/c1-5-20-15(22)12-19-13-18-9-7-6-8-14(18)21(11-10-18)16(23)24-17(2,3)4/h14,19H,5-13H2,1-4H3,(H,20,22). The van der Waals surface area contributed by atoms with Gasteiger partial charge in [-0.3, -0.25) is 4.79 Å². The summed E-state index contributed by atoms with van der Waals surface area (Å²) in [7, 11) is 0. The summed E-state index contributed by atoms with van der Waals surface area (Å²) in [4.78, 5) is 26.1. The molecule has 0 radical (unpaired) electrons. The molecule has 2 atom stereocenters. The van der Waals surface area contributed by atoms with E-state index in [0.29, 0.717) is 13.1 Å². The highest BCUT2D eigenvalue weighted by Crippen LogP contribution is 2.46. The van der Waals surface area contributed by atoms with E-state index >= 15 is 0 Å². The molecule has 0 aromatic rings. The number of ether oxygens (including phenoxy) is 1. The maximum atomic E-state index is 12.5. The van der Waals surface area contributed by atoms with Gasteiger partial charge >= 0.3 is 6.09 Å². The van der Waals surface area contributed by atoms with Crippen LogP contribution in [0.15, 0.2) is 0 Å². The highest BCUT2D eigenvalue weighted by molar-refractivity contribution is 5.77. The van der Waals surface area contributed by atoms with Crippen LogP contribution in [0.4, 0.5) is 4.79 Å². The first-order valence-corrected chi connectivity index (χ1v) is 9.24. The predicted octanol–water partition coefficient (Wildman–Crippen LogP) is 2.28. The molecule has 1 aliphatic carbocycles. The Morgan fingerprint density at radius 1 is 1.25 bits per heavy atom. The number of rotatable bonds is 5. The molecule has 0 aromatic carbocycles. The van der Waals surface area contributed by atoms with E-state index in [-0.39, 0.29) is 23.5 Å². The first kappa shape index (κ1) is 19.0. The Hall–Kier alpha value is -1.30. The van der Waals surface area contributed by atoms with Crippen molar-refractivity contribution >= 4 is 12.0 Å². The zero-order valence-electron chi connectivity index (χ0n) is 15.6. The minimum atomic E-state index is -0.465. The van der Waals surface area contributed by atoms with Gasteiger partial charge in [-0.15, -0.1) is 0 Å². The highest BCUT2D eigenvalue weighted by atomic mass is 16.6. The van der Waals surface area contributed by atoms with Gasteiger partial charge in [0.25, 0.3) is 0 Å². The van der Waals surface area contributed by atoms with Crippen molar-refractivity contribution in [2.24, 2.45) is 5.41 Å². The Morgan fingerprint density at radius 2 is 2.00 bits per heavy atom. The molecule has 6 heteroatoms. The molecule has 1 heterocycles. The van der Waals surface area contributed by atoms with Gasteiger partial charge < -0.3 is 20.3 Å². The van der Waals surface area contributed by atoms with E-state index in [1.54, 1.807) is 0 Å². The van der Waals surface area contributed by atoms with Crippen LogP contribution in [0.5, 0.6) is 0 Å². The van der Waals surface area contributed by atoms with Crippen molar-refractivity contribution in [2.75, 3.05) is 26.2 Å². The third kappa shape index (κ3) is 4.62. The lowest BCUT2D eigenvalue weighted by molar-refractivity contribution is -0.120. The van der Waals surface area contributed by atoms with Crippen molar-refractivity contribution in [2.45, 2.75) is 71.4 Å². The minimum Gasteiger partial charge on any atom is -0.444 e. The first-order chi connectivity index (χ1) is 11.3. The van der Waals surface area contributed by atoms with E-state index in [9.17, 15) is 9.59 Å². The molecule has 1 saturated carbocycles. The number of hydrogen-bond acceptors (Lipinski definition) is 4. The molecule has 0 bridgehead atoms. The van der Waals surface area contributed by atoms with Gasteiger partial charge in [-0.2, -0.15) is 0 Å². The molecule has 2 aliphatic rings. The Labute approximate surface area is 145 Å². The van der Waals surface area contributed by atoms with Crippen molar-refractivity contribution in [3.05, 3.63) is 0 Å². The quantitative estimate of drug-likeness (QED) is 0.806. The fourth-order valence-electron chi connectivity index (χ4n) is 4.08. The fourth-order valence-corrected chi connectivity index (χ4v) is 4.08. The van der Waals surface area contributed by atoms with Gasteiger partial charge in [0.1, 0.15) is 5.60 Å². The van der Waals surface area contributed by atoms with E-state index in [2.05, 4.69) is 10.6 Å². The number of nitrogens with zero attached hydrogens (tertiary/aromatic N) is 1. The van der Waals surface area contributed by atoms with Crippen LogP contribution in [0.2, 0.25) is 0 Å². The average molecular weight is 339 g/mol. The second-order valence-electron chi connectivity index (χ2n) is 8.10. The molecule has 2 unspecified atom stereocenters. The third-order valence-corrected chi connectivity index (χ3v) is 5.10. The molecule has 6 nitrogen and oxygen atoms in total. The first-order valence-electron chi connectivity index (χ1n) is 9.24. The molecule has 2 amide bonds. The molecule has 2 fully saturated rings. The molecule has 1 aliphatic heterocycles. The minimum absolute atomic E-state index is 0.0308. The molecular formula is C18H33N3O3. The van der Waals surface area contributed by atoms with Crippen LogP contribution in [-0.2, 0) is 9.53 Å². The zero-order valence-corrected chi connectivity index (χ0v) is 15.6. The summed E-state index contributed by atoms with van der Waals surface area (Å²) in [5.41, 5.74) is -0.380. The molecule has 0 spiro atoms. The van der Waals surface area contributed by atoms with Crippen LogP contribution in [0.3, 0.4) is 0 Å². The largest absolute Gasteiger partial charge is 0.444 e. The van der Waals surface area contributed by atoms with E-state index in [1.807, 2.05) is 32.6 Å². The summed E-state index contributed by atoms with van der Waals surface area (Å²) in [5, 5.41) is 6.13. The van der Waals surface area contributed by atoms with E-state index in [4.69, 9.17) is 4.74 Å². The van der Waals surface area contributed by atoms with Gasteiger partial charge in [0.15, 0.2) is 0 Å². The van der Waals surface area contributed by atoms with Crippen LogP contribution in [0.25, 0.3) is 0 Å². The van der Waals surface area contributed by atoms with Crippen molar-refractivity contribution in [1.82, 2.24) is 15.5 Å². The van der Waals surface area contributed by atoms with Crippen LogP contribution < -0.4 is 10.6 Å². The average Bonchev–Trinajstić information content (AvgIpc) is 2.85. The van der Waals surface area contributed by atoms with Gasteiger partial charge in [0, 0.05) is 31.1 Å². The topological polar surface area (TPSA) is 70.7 Å². The summed E-state index contributed by atoms with van der Waals surface area (Å²) in [6.07, 6.45) is 5.28. The van der Waals surface area contributed by atoms with Crippen molar-refractivity contribution < 1.29 is 14.3 Å². The summed E-state index contributed by atoms with van der Waals surface area (Å²) >= 11 is 0. The number of amides is 2. The van der Waals surface area contributed by atoms with Crippen molar-refractivity contribution in [1.29, 1.82) is 0 Å². The summed E-state index contributed by atoms with van der Waals surface area (Å²) in [6, 6.07) is 0.225. The van der Waals surface area contributed by atoms with E-state index in [0.717, 1.165) is 38.8 Å². The Bertz CT molecular complexity index is 461. The second kappa shape index (κ2) is 7.72. The van der Waals surface area contributed by atoms with E-state index < -0.39 is 5.60 Å². The SMILES string of the molecule is CCNC(=O)CNCC12CCCCC1N(C(=O)OC(C)(C)C)CC2. The lowest BCUT2D eigenvalue weighted by Gasteiger charge is -2.42. The molecule has 1 saturated heterocycles. The zero-order chi connectivity index (χ0) is 17.8. The number of carbonyl (C=O) groups is 2. The van der Waals surface area contributed by atoms with Gasteiger partial charge in [-0.1, -0.05) is 12.8 Å². The summed E-state index contributed by atoms with van der Waals surface area (Å²) < 4.78 is 5.59. The molecule has 2 N–H and O–H groups in total. The van der Waals surface area contributed by atoms with Crippen molar-refractivity contribution in [3.8, 4) is 0 Å². The lowest BCUT2D eigenvalue weighted by atomic mass is 9.70. The number of fused-ring (bicyclic) bond motifs is 1. The number of hydrogen-bond donors (Lipinski definition) is 2. The van der Waals surface area contributed by atoms with Gasteiger partial charge in [-0.05, 0) is 47.0 Å². The lowest BCUT2D eigenvalue weighted by Crippen LogP contribution is -2.50. The number of nitrogens with one attached hydrogen (secondary N) is 2. The van der Waals surface area contributed by atoms with Crippen LogP contribution in [0, 0.1) is 5.41 Å². The Balaban J connectivity index is 1.98. The van der Waals surface area contributed by atoms with Crippen LogP contribution >= 0.6 is 0 Å². The smallest absolute Gasteiger partial charge is 0.410 e. The molecule has 0 aromatic heterocycles. The maximum absolute atomic E-state index is 12.5. The summed E-state index contributed by atoms with van der Waals surface area (Å²) in [5.74, 6) is 0.0308. The Kier molecular flexibility index (Phi) is 6.12. The van der Waals surface area contributed by atoms with E-state index in [1.165, 1.54) is 6.42 Å². The number of likely N-dealkylation sites (tertiary alicyclic amines) is 1. The fraction of sp³-hybridized carbons (Fsp3) is 0.889. The molecule has 2 rings (SSSR count). The van der Waals surface area contributed by atoms with Gasteiger partial charge in [0.05, 0.1) is 6.54 Å². The van der Waals surface area contributed by atoms with Gasteiger partial charge in [-0.25, -0.2) is 4.79 Å². The number of carbonyl (C=O) groups excluding carboxylic acids is 2. The molecular weight excluding hydrogens is 306 g/mol. The number of likely N-dealkylation sites (N-methyl/N-ethyl adjacent to an activating group) is 1. The second-order valence-corrected chi connectivity index (χ2v) is 8.10. The molecule has 24 heavy (non-hydrogen) atoms. The predicted molar refractivity (Wildman–Crippen MR) is 93.8 cm³/mol. The van der Waals surface area contributed by atoms with Crippen LogP contribution in [-0.4, -0.2) is 54.7 Å².